The quantitative estimate of drug-likeness (QED) is 0.787. The number of hydrogen-bond acceptors (Lipinski definition) is 3. The minimum Gasteiger partial charge on any atom is -0.480 e. The Labute approximate surface area is 126 Å². The lowest BCUT2D eigenvalue weighted by Gasteiger charge is -2.39. The van der Waals surface area contributed by atoms with Crippen LogP contribution in [0.4, 0.5) is 4.79 Å². The topological polar surface area (TPSA) is 78.9 Å². The molecule has 2 amide bonds. The number of carbonyl (C=O) groups excluding carboxylic acids is 1. The lowest BCUT2D eigenvalue weighted by Crippen LogP contribution is -2.60. The Kier molecular flexibility index (Phi) is 6.45. The first-order valence-electron chi connectivity index (χ1n) is 7.67. The molecule has 0 spiro atoms. The fourth-order valence-corrected chi connectivity index (χ4v) is 2.91. The number of ether oxygens (including phenoxy) is 1. The van der Waals surface area contributed by atoms with Gasteiger partial charge in [-0.3, -0.25) is 0 Å². The molecule has 6 nitrogen and oxygen atoms in total. The maximum atomic E-state index is 12.4. The van der Waals surface area contributed by atoms with Crippen LogP contribution in [0.1, 0.15) is 46.5 Å². The average molecular weight is 300 g/mol. The maximum absolute atomic E-state index is 12.4. The molecule has 1 fully saturated rings. The number of nitrogens with zero attached hydrogens (tertiary/aromatic N) is 1. The molecule has 1 aliphatic carbocycles. The van der Waals surface area contributed by atoms with Crippen molar-refractivity contribution in [3.8, 4) is 0 Å². The second-order valence-electron chi connectivity index (χ2n) is 6.09. The van der Waals surface area contributed by atoms with Gasteiger partial charge in [0.1, 0.15) is 5.54 Å². The smallest absolute Gasteiger partial charge is 0.329 e. The Balaban J connectivity index is 2.78. The highest BCUT2D eigenvalue weighted by Gasteiger charge is 2.43. The standard InChI is InChI=1S/C15H28N2O4/c1-5-17(12(3)10-21-4)14(20)16-15(13(18)19)8-6-11(2)7-9-15/h11-12H,5-10H2,1-4H3,(H,16,20)(H,18,19). The molecule has 0 aromatic carbocycles. The van der Waals surface area contributed by atoms with Crippen molar-refractivity contribution in [1.29, 1.82) is 0 Å². The fraction of sp³-hybridized carbons (Fsp3) is 0.867. The van der Waals surface area contributed by atoms with Gasteiger partial charge in [0.2, 0.25) is 0 Å². The molecule has 21 heavy (non-hydrogen) atoms. The predicted octanol–water partition coefficient (Wildman–Crippen LogP) is 2.09. The van der Waals surface area contributed by atoms with Gasteiger partial charge in [0.25, 0.3) is 0 Å². The molecule has 0 aromatic heterocycles. The Morgan fingerprint density at radius 3 is 2.43 bits per heavy atom. The molecule has 122 valence electrons. The zero-order valence-corrected chi connectivity index (χ0v) is 13.5. The Morgan fingerprint density at radius 2 is 2.00 bits per heavy atom. The molecule has 0 saturated heterocycles. The molecule has 1 saturated carbocycles. The molecule has 2 N–H and O–H groups in total. The molecule has 0 aromatic rings. The number of rotatable bonds is 6. The van der Waals surface area contributed by atoms with Crippen LogP contribution in [0.2, 0.25) is 0 Å². The predicted molar refractivity (Wildman–Crippen MR) is 80.2 cm³/mol. The van der Waals surface area contributed by atoms with Crippen LogP contribution < -0.4 is 5.32 Å². The number of nitrogens with one attached hydrogen (secondary N) is 1. The summed E-state index contributed by atoms with van der Waals surface area (Å²) in [6.07, 6.45) is 2.63. The number of amides is 2. The molecular formula is C15H28N2O4. The summed E-state index contributed by atoms with van der Waals surface area (Å²) in [4.78, 5) is 25.7. The van der Waals surface area contributed by atoms with E-state index in [0.29, 0.717) is 31.9 Å². The highest BCUT2D eigenvalue weighted by Crippen LogP contribution is 2.32. The number of carbonyl (C=O) groups is 2. The average Bonchev–Trinajstić information content (AvgIpc) is 2.42. The lowest BCUT2D eigenvalue weighted by atomic mass is 9.77. The van der Waals surface area contributed by atoms with Crippen LogP contribution in [0.25, 0.3) is 0 Å². The third-order valence-corrected chi connectivity index (χ3v) is 4.42. The summed E-state index contributed by atoms with van der Waals surface area (Å²) in [6.45, 7) is 6.83. The van der Waals surface area contributed by atoms with E-state index >= 15 is 0 Å². The molecule has 1 aliphatic rings. The van der Waals surface area contributed by atoms with Crippen LogP contribution in [-0.2, 0) is 9.53 Å². The second-order valence-corrected chi connectivity index (χ2v) is 6.09. The van der Waals surface area contributed by atoms with E-state index in [2.05, 4.69) is 12.2 Å². The summed E-state index contributed by atoms with van der Waals surface area (Å²) in [6, 6.07) is -0.410. The van der Waals surface area contributed by atoms with E-state index in [0.717, 1.165) is 12.8 Å². The van der Waals surface area contributed by atoms with Gasteiger partial charge in [0, 0.05) is 13.7 Å². The number of carboxylic acids is 1. The Hall–Kier alpha value is -1.30. The van der Waals surface area contributed by atoms with Gasteiger partial charge in [-0.2, -0.15) is 0 Å². The van der Waals surface area contributed by atoms with Crippen molar-refractivity contribution in [3.63, 3.8) is 0 Å². The van der Waals surface area contributed by atoms with Gasteiger partial charge in [0.05, 0.1) is 12.6 Å². The molecule has 1 atom stereocenters. The largest absolute Gasteiger partial charge is 0.480 e. The molecule has 0 radical (unpaired) electrons. The van der Waals surface area contributed by atoms with E-state index in [4.69, 9.17) is 4.74 Å². The first kappa shape index (κ1) is 17.8. The summed E-state index contributed by atoms with van der Waals surface area (Å²) in [5.41, 5.74) is -1.12. The van der Waals surface area contributed by atoms with E-state index in [-0.39, 0.29) is 12.1 Å². The number of hydrogen-bond donors (Lipinski definition) is 2. The molecule has 6 heteroatoms. The molecule has 1 rings (SSSR count). The molecule has 0 heterocycles. The second kappa shape index (κ2) is 7.64. The normalized spacial score (nSPS) is 27.0. The van der Waals surface area contributed by atoms with Gasteiger partial charge < -0.3 is 20.1 Å². The van der Waals surface area contributed by atoms with Crippen LogP contribution in [0, 0.1) is 5.92 Å². The Morgan fingerprint density at radius 1 is 1.43 bits per heavy atom. The van der Waals surface area contributed by atoms with Gasteiger partial charge in [0.15, 0.2) is 0 Å². The maximum Gasteiger partial charge on any atom is 0.329 e. The summed E-state index contributed by atoms with van der Waals surface area (Å²) in [5.74, 6) is -0.415. The first-order chi connectivity index (χ1) is 9.86. The minimum absolute atomic E-state index is 0.0895. The van der Waals surface area contributed by atoms with Crippen molar-refractivity contribution in [1.82, 2.24) is 10.2 Å². The summed E-state index contributed by atoms with van der Waals surface area (Å²) >= 11 is 0. The van der Waals surface area contributed by atoms with Crippen LogP contribution in [0.5, 0.6) is 0 Å². The lowest BCUT2D eigenvalue weighted by molar-refractivity contribution is -0.146. The van der Waals surface area contributed by atoms with Crippen molar-refractivity contribution in [2.24, 2.45) is 5.92 Å². The Bertz CT molecular complexity index is 365. The third kappa shape index (κ3) is 4.33. The van der Waals surface area contributed by atoms with E-state index < -0.39 is 11.5 Å². The molecule has 0 aliphatic heterocycles. The molecule has 1 unspecified atom stereocenters. The van der Waals surface area contributed by atoms with Gasteiger partial charge in [-0.05, 0) is 45.4 Å². The van der Waals surface area contributed by atoms with Crippen LogP contribution in [0.3, 0.4) is 0 Å². The summed E-state index contributed by atoms with van der Waals surface area (Å²) in [5, 5.41) is 12.3. The fourth-order valence-electron chi connectivity index (χ4n) is 2.91. The van der Waals surface area contributed by atoms with Crippen LogP contribution in [-0.4, -0.2) is 53.8 Å². The third-order valence-electron chi connectivity index (χ3n) is 4.42. The highest BCUT2D eigenvalue weighted by molar-refractivity contribution is 5.86. The highest BCUT2D eigenvalue weighted by atomic mass is 16.5. The number of likely N-dealkylation sites (N-methyl/N-ethyl adjacent to an activating group) is 1. The summed E-state index contributed by atoms with van der Waals surface area (Å²) in [7, 11) is 1.59. The minimum atomic E-state index is -1.12. The number of methoxy groups -OCH3 is 1. The van der Waals surface area contributed by atoms with Gasteiger partial charge in [-0.1, -0.05) is 6.92 Å². The van der Waals surface area contributed by atoms with Crippen molar-refractivity contribution in [3.05, 3.63) is 0 Å². The monoisotopic (exact) mass is 300 g/mol. The van der Waals surface area contributed by atoms with Gasteiger partial charge in [-0.25, -0.2) is 9.59 Å². The first-order valence-corrected chi connectivity index (χ1v) is 7.67. The van der Waals surface area contributed by atoms with Crippen molar-refractivity contribution in [2.45, 2.75) is 58.0 Å². The molecule has 0 bridgehead atoms. The van der Waals surface area contributed by atoms with E-state index in [9.17, 15) is 14.7 Å². The van der Waals surface area contributed by atoms with Crippen LogP contribution >= 0.6 is 0 Å². The zero-order chi connectivity index (χ0) is 16.0. The van der Waals surface area contributed by atoms with Crippen molar-refractivity contribution < 1.29 is 19.4 Å². The van der Waals surface area contributed by atoms with Crippen LogP contribution in [0.15, 0.2) is 0 Å². The summed E-state index contributed by atoms with van der Waals surface area (Å²) < 4.78 is 5.08. The zero-order valence-electron chi connectivity index (χ0n) is 13.5. The van der Waals surface area contributed by atoms with Crippen molar-refractivity contribution in [2.75, 3.05) is 20.3 Å². The number of carboxylic acid groups (broad SMARTS) is 1. The SMILES string of the molecule is CCN(C(=O)NC1(C(=O)O)CCC(C)CC1)C(C)COC. The number of urea groups is 1. The van der Waals surface area contributed by atoms with Crippen molar-refractivity contribution >= 4 is 12.0 Å². The molecular weight excluding hydrogens is 272 g/mol. The number of aliphatic carboxylic acids is 1. The van der Waals surface area contributed by atoms with E-state index in [1.807, 2.05) is 13.8 Å². The van der Waals surface area contributed by atoms with Gasteiger partial charge in [-0.15, -0.1) is 0 Å². The van der Waals surface area contributed by atoms with E-state index in [1.165, 1.54) is 0 Å². The van der Waals surface area contributed by atoms with E-state index in [1.54, 1.807) is 12.0 Å². The van der Waals surface area contributed by atoms with Gasteiger partial charge >= 0.3 is 12.0 Å².